The number of carbonyl (C=O) groups is 1. The molecule has 0 aliphatic heterocycles. The Morgan fingerprint density at radius 1 is 1.35 bits per heavy atom. The lowest BCUT2D eigenvalue weighted by molar-refractivity contribution is -0.125. The molecular weight excluding hydrogens is 266 g/mol. The molecule has 2 atom stereocenters. The Balaban J connectivity index is 1.73. The highest BCUT2D eigenvalue weighted by atomic mass is 32.1. The van der Waals surface area contributed by atoms with Gasteiger partial charge in [0, 0.05) is 18.8 Å². The molecule has 1 aromatic heterocycles. The second kappa shape index (κ2) is 6.04. The monoisotopic (exact) mass is 287 g/mol. The maximum atomic E-state index is 12.1. The standard InChI is InChI=1S/C17H21NOS/c1-2-5-12-8-9-15(19)13(10-12)11-17-18-14-6-3-4-7-16(14)20-17/h3-4,6-7,12-13H,2,5,8-11H2,1H3. The largest absolute Gasteiger partial charge is 0.299 e. The number of hydrogen-bond donors (Lipinski definition) is 0. The van der Waals surface area contributed by atoms with Crippen molar-refractivity contribution in [3.8, 4) is 0 Å². The van der Waals surface area contributed by atoms with Gasteiger partial charge in [-0.15, -0.1) is 11.3 Å². The van der Waals surface area contributed by atoms with E-state index in [1.165, 1.54) is 17.5 Å². The second-order valence-corrected chi connectivity index (χ2v) is 6.99. The minimum absolute atomic E-state index is 0.209. The first-order valence-corrected chi connectivity index (χ1v) is 8.45. The SMILES string of the molecule is CCCC1CCC(=O)C(Cc2nc3ccccc3s2)C1. The third-order valence-electron chi connectivity index (χ3n) is 4.33. The Morgan fingerprint density at radius 2 is 2.20 bits per heavy atom. The highest BCUT2D eigenvalue weighted by Crippen LogP contribution is 2.33. The summed E-state index contributed by atoms with van der Waals surface area (Å²) in [4.78, 5) is 16.8. The van der Waals surface area contributed by atoms with E-state index < -0.39 is 0 Å². The van der Waals surface area contributed by atoms with Crippen molar-refractivity contribution in [1.29, 1.82) is 0 Å². The maximum Gasteiger partial charge on any atom is 0.136 e. The first-order chi connectivity index (χ1) is 9.76. The van der Waals surface area contributed by atoms with Gasteiger partial charge in [0.05, 0.1) is 15.2 Å². The van der Waals surface area contributed by atoms with E-state index in [2.05, 4.69) is 24.0 Å². The summed E-state index contributed by atoms with van der Waals surface area (Å²) < 4.78 is 1.23. The van der Waals surface area contributed by atoms with Crippen LogP contribution in [0.15, 0.2) is 24.3 Å². The van der Waals surface area contributed by atoms with Gasteiger partial charge in [-0.25, -0.2) is 4.98 Å². The third kappa shape index (κ3) is 2.93. The number of aromatic nitrogens is 1. The van der Waals surface area contributed by atoms with Gasteiger partial charge in [0.25, 0.3) is 0 Å². The highest BCUT2D eigenvalue weighted by molar-refractivity contribution is 7.18. The molecule has 0 radical (unpaired) electrons. The molecule has 1 aliphatic rings. The summed E-state index contributed by atoms with van der Waals surface area (Å²) in [7, 11) is 0. The zero-order valence-corrected chi connectivity index (χ0v) is 12.8. The number of ketones is 1. The average Bonchev–Trinajstić information content (AvgIpc) is 2.85. The maximum absolute atomic E-state index is 12.1. The molecule has 106 valence electrons. The van der Waals surface area contributed by atoms with E-state index in [4.69, 9.17) is 0 Å². The van der Waals surface area contributed by atoms with Gasteiger partial charge in [-0.2, -0.15) is 0 Å². The summed E-state index contributed by atoms with van der Waals surface area (Å²) >= 11 is 1.74. The van der Waals surface area contributed by atoms with Crippen LogP contribution in [0.4, 0.5) is 0 Å². The number of benzene rings is 1. The van der Waals surface area contributed by atoms with Crippen molar-refractivity contribution in [1.82, 2.24) is 4.98 Å². The minimum Gasteiger partial charge on any atom is -0.299 e. The van der Waals surface area contributed by atoms with Crippen molar-refractivity contribution in [2.75, 3.05) is 0 Å². The Kier molecular flexibility index (Phi) is 4.16. The highest BCUT2D eigenvalue weighted by Gasteiger charge is 2.29. The fourth-order valence-electron chi connectivity index (χ4n) is 3.29. The van der Waals surface area contributed by atoms with Gasteiger partial charge in [-0.1, -0.05) is 31.9 Å². The molecule has 1 aromatic carbocycles. The molecule has 0 amide bonds. The van der Waals surface area contributed by atoms with E-state index in [0.29, 0.717) is 5.78 Å². The molecule has 1 heterocycles. The Labute approximate surface area is 124 Å². The Bertz CT molecular complexity index is 571. The third-order valence-corrected chi connectivity index (χ3v) is 5.39. The fourth-order valence-corrected chi connectivity index (χ4v) is 4.34. The van der Waals surface area contributed by atoms with Crippen LogP contribution in [-0.4, -0.2) is 10.8 Å². The molecule has 2 unspecified atom stereocenters. The van der Waals surface area contributed by atoms with Gasteiger partial charge >= 0.3 is 0 Å². The van der Waals surface area contributed by atoms with Crippen LogP contribution in [0.25, 0.3) is 10.2 Å². The smallest absolute Gasteiger partial charge is 0.136 e. The van der Waals surface area contributed by atoms with Gasteiger partial charge in [0.2, 0.25) is 0 Å². The molecule has 2 nitrogen and oxygen atoms in total. The summed E-state index contributed by atoms with van der Waals surface area (Å²) in [5.74, 6) is 1.41. The lowest BCUT2D eigenvalue weighted by Gasteiger charge is -2.27. The molecular formula is C17H21NOS. The quantitative estimate of drug-likeness (QED) is 0.821. The van der Waals surface area contributed by atoms with Crippen LogP contribution in [0, 0.1) is 11.8 Å². The molecule has 3 rings (SSSR count). The molecule has 0 spiro atoms. The topological polar surface area (TPSA) is 30.0 Å². The molecule has 1 aliphatic carbocycles. The van der Waals surface area contributed by atoms with Crippen molar-refractivity contribution < 1.29 is 4.79 Å². The molecule has 3 heteroatoms. The van der Waals surface area contributed by atoms with Crippen molar-refractivity contribution >= 4 is 27.3 Å². The van der Waals surface area contributed by atoms with Crippen LogP contribution in [0.2, 0.25) is 0 Å². The van der Waals surface area contributed by atoms with E-state index in [1.54, 1.807) is 11.3 Å². The summed E-state index contributed by atoms with van der Waals surface area (Å²) in [6, 6.07) is 8.24. The summed E-state index contributed by atoms with van der Waals surface area (Å²) in [5.41, 5.74) is 1.07. The fraction of sp³-hybridized carbons (Fsp3) is 0.529. The van der Waals surface area contributed by atoms with Crippen LogP contribution >= 0.6 is 11.3 Å². The number of thiazole rings is 1. The molecule has 1 fully saturated rings. The van der Waals surface area contributed by atoms with Crippen LogP contribution in [0.1, 0.15) is 44.0 Å². The second-order valence-electron chi connectivity index (χ2n) is 5.87. The lowest BCUT2D eigenvalue weighted by atomic mass is 9.77. The first kappa shape index (κ1) is 13.7. The van der Waals surface area contributed by atoms with Crippen molar-refractivity contribution in [3.05, 3.63) is 29.3 Å². The predicted molar refractivity (Wildman–Crippen MR) is 84.1 cm³/mol. The molecule has 0 saturated heterocycles. The normalized spacial score (nSPS) is 23.4. The zero-order chi connectivity index (χ0) is 13.9. The van der Waals surface area contributed by atoms with Crippen molar-refractivity contribution in [2.45, 2.75) is 45.4 Å². The molecule has 2 aromatic rings. The van der Waals surface area contributed by atoms with Crippen LogP contribution < -0.4 is 0 Å². The number of fused-ring (bicyclic) bond motifs is 1. The van der Waals surface area contributed by atoms with E-state index in [1.807, 2.05) is 12.1 Å². The van der Waals surface area contributed by atoms with E-state index >= 15 is 0 Å². The van der Waals surface area contributed by atoms with Gasteiger partial charge in [-0.3, -0.25) is 4.79 Å². The number of Topliss-reactive ketones (excluding diaryl/α,β-unsaturated/α-hetero) is 1. The molecule has 0 bridgehead atoms. The summed E-state index contributed by atoms with van der Waals surface area (Å²) in [5, 5.41) is 1.13. The van der Waals surface area contributed by atoms with Gasteiger partial charge in [-0.05, 0) is 30.9 Å². The van der Waals surface area contributed by atoms with Crippen molar-refractivity contribution in [2.24, 2.45) is 11.8 Å². The molecule has 20 heavy (non-hydrogen) atoms. The number of para-hydroxylation sites is 1. The van der Waals surface area contributed by atoms with Gasteiger partial charge in [0.1, 0.15) is 5.78 Å². The van der Waals surface area contributed by atoms with Crippen molar-refractivity contribution in [3.63, 3.8) is 0 Å². The Hall–Kier alpha value is -1.22. The van der Waals surface area contributed by atoms with E-state index in [0.717, 1.165) is 42.1 Å². The van der Waals surface area contributed by atoms with Crippen LogP contribution in [0.5, 0.6) is 0 Å². The van der Waals surface area contributed by atoms with Crippen LogP contribution in [-0.2, 0) is 11.2 Å². The summed E-state index contributed by atoms with van der Waals surface area (Å²) in [6.07, 6.45) is 6.29. The van der Waals surface area contributed by atoms with Crippen LogP contribution in [0.3, 0.4) is 0 Å². The minimum atomic E-state index is 0.209. The molecule has 1 saturated carbocycles. The number of nitrogens with zero attached hydrogens (tertiary/aromatic N) is 1. The Morgan fingerprint density at radius 3 is 3.00 bits per heavy atom. The van der Waals surface area contributed by atoms with Gasteiger partial charge < -0.3 is 0 Å². The zero-order valence-electron chi connectivity index (χ0n) is 12.0. The average molecular weight is 287 g/mol. The van der Waals surface area contributed by atoms with Gasteiger partial charge in [0.15, 0.2) is 0 Å². The van der Waals surface area contributed by atoms with E-state index in [9.17, 15) is 4.79 Å². The summed E-state index contributed by atoms with van der Waals surface area (Å²) in [6.45, 7) is 2.24. The predicted octanol–water partition coefficient (Wildman–Crippen LogP) is 4.62. The lowest BCUT2D eigenvalue weighted by Crippen LogP contribution is -2.26. The number of hydrogen-bond acceptors (Lipinski definition) is 3. The van der Waals surface area contributed by atoms with E-state index in [-0.39, 0.29) is 5.92 Å². The first-order valence-electron chi connectivity index (χ1n) is 7.63. The number of carbonyl (C=O) groups excluding carboxylic acids is 1. The number of rotatable bonds is 4. The molecule has 0 N–H and O–H groups in total.